The van der Waals surface area contributed by atoms with E-state index in [0.29, 0.717) is 10.6 Å². The molecule has 0 saturated heterocycles. The van der Waals surface area contributed by atoms with Crippen molar-refractivity contribution < 1.29 is 14.3 Å². The quantitative estimate of drug-likeness (QED) is 0.751. The van der Waals surface area contributed by atoms with Crippen LogP contribution in [0.5, 0.6) is 0 Å². The van der Waals surface area contributed by atoms with Crippen LogP contribution >= 0.6 is 11.8 Å². The maximum atomic E-state index is 11.3. The number of carbonyl (C=O) groups excluding carboxylic acids is 2. The fourth-order valence-corrected chi connectivity index (χ4v) is 2.34. The summed E-state index contributed by atoms with van der Waals surface area (Å²) in [6.07, 6.45) is 0. The van der Waals surface area contributed by atoms with Gasteiger partial charge in [-0.15, -0.1) is 0 Å². The van der Waals surface area contributed by atoms with E-state index in [0.717, 1.165) is 5.56 Å². The van der Waals surface area contributed by atoms with E-state index in [-0.39, 0.29) is 17.1 Å². The molecule has 1 aromatic rings. The molecule has 1 aliphatic rings. The molecular weight excluding hydrogens is 238 g/mol. The fourth-order valence-electron chi connectivity index (χ4n) is 1.43. The van der Waals surface area contributed by atoms with Crippen molar-refractivity contribution in [3.63, 3.8) is 0 Å². The molecule has 5 heteroatoms. The van der Waals surface area contributed by atoms with E-state index >= 15 is 0 Å². The predicted molar refractivity (Wildman–Crippen MR) is 66.4 cm³/mol. The molecule has 0 spiro atoms. The minimum absolute atomic E-state index is 0.109. The van der Waals surface area contributed by atoms with Crippen molar-refractivity contribution in [1.29, 1.82) is 0 Å². The summed E-state index contributed by atoms with van der Waals surface area (Å²) >= 11 is 1.43. The Balaban J connectivity index is 2.22. The zero-order chi connectivity index (χ0) is 12.4. The number of methoxy groups -OCH3 is 1. The summed E-state index contributed by atoms with van der Waals surface area (Å²) in [6.45, 7) is 1.83. The van der Waals surface area contributed by atoms with Gasteiger partial charge >= 0.3 is 5.97 Å². The first-order chi connectivity index (χ1) is 8.11. The number of hydrogen-bond acceptors (Lipinski definition) is 4. The van der Waals surface area contributed by atoms with Crippen LogP contribution in [0, 0.1) is 0 Å². The van der Waals surface area contributed by atoms with E-state index < -0.39 is 0 Å². The van der Waals surface area contributed by atoms with Crippen LogP contribution in [0.15, 0.2) is 29.3 Å². The van der Waals surface area contributed by atoms with Gasteiger partial charge < -0.3 is 4.74 Å². The molecule has 88 valence electrons. The Hall–Kier alpha value is -1.62. The molecule has 0 aliphatic carbocycles. The average Bonchev–Trinajstić information content (AvgIpc) is 2.69. The van der Waals surface area contributed by atoms with Crippen molar-refractivity contribution >= 4 is 28.7 Å². The molecule has 1 aromatic carbocycles. The van der Waals surface area contributed by atoms with Crippen LogP contribution in [-0.4, -0.2) is 29.3 Å². The lowest BCUT2D eigenvalue weighted by molar-refractivity contribution is -0.116. The number of esters is 1. The normalized spacial score (nSPS) is 19.1. The predicted octanol–water partition coefficient (Wildman–Crippen LogP) is 1.88. The topological polar surface area (TPSA) is 55.7 Å². The van der Waals surface area contributed by atoms with Crippen molar-refractivity contribution in [2.75, 3.05) is 7.11 Å². The number of rotatable bonds is 2. The van der Waals surface area contributed by atoms with Gasteiger partial charge in [0.15, 0.2) is 0 Å². The molecule has 0 aromatic heterocycles. The lowest BCUT2D eigenvalue weighted by Crippen LogP contribution is -2.03. The number of benzene rings is 1. The first-order valence-corrected chi connectivity index (χ1v) is 5.97. The lowest BCUT2D eigenvalue weighted by Gasteiger charge is -2.02. The van der Waals surface area contributed by atoms with Crippen LogP contribution in [-0.2, 0) is 9.53 Å². The second-order valence-electron chi connectivity index (χ2n) is 3.58. The summed E-state index contributed by atoms with van der Waals surface area (Å²) in [5.74, 6) is -0.482. The first-order valence-electron chi connectivity index (χ1n) is 5.10. The fraction of sp³-hybridized carbons (Fsp3) is 0.250. The van der Waals surface area contributed by atoms with E-state index in [1.807, 2.05) is 6.92 Å². The van der Waals surface area contributed by atoms with Gasteiger partial charge in [-0.05, 0) is 19.1 Å². The highest BCUT2D eigenvalue weighted by Gasteiger charge is 2.24. The van der Waals surface area contributed by atoms with Gasteiger partial charge in [-0.2, -0.15) is 0 Å². The number of aliphatic imine (C=N–C) groups is 1. The van der Waals surface area contributed by atoms with Gasteiger partial charge in [0.1, 0.15) is 5.04 Å². The van der Waals surface area contributed by atoms with Gasteiger partial charge in [-0.25, -0.2) is 9.79 Å². The Morgan fingerprint density at radius 2 is 2.00 bits per heavy atom. The molecule has 1 amide bonds. The summed E-state index contributed by atoms with van der Waals surface area (Å²) < 4.78 is 4.61. The third-order valence-corrected chi connectivity index (χ3v) is 3.51. The number of ether oxygens (including phenoxy) is 1. The van der Waals surface area contributed by atoms with Crippen LogP contribution < -0.4 is 0 Å². The largest absolute Gasteiger partial charge is 0.465 e. The Kier molecular flexibility index (Phi) is 3.28. The van der Waals surface area contributed by atoms with E-state index in [1.165, 1.54) is 18.9 Å². The molecule has 4 nitrogen and oxygen atoms in total. The van der Waals surface area contributed by atoms with Gasteiger partial charge in [0.05, 0.1) is 17.9 Å². The van der Waals surface area contributed by atoms with E-state index in [2.05, 4.69) is 9.73 Å². The van der Waals surface area contributed by atoms with Crippen LogP contribution in [0.4, 0.5) is 0 Å². The van der Waals surface area contributed by atoms with E-state index in [4.69, 9.17) is 0 Å². The van der Waals surface area contributed by atoms with Gasteiger partial charge in [0.25, 0.3) is 5.91 Å². The summed E-state index contributed by atoms with van der Waals surface area (Å²) in [5, 5.41) is 0.587. The van der Waals surface area contributed by atoms with Crippen molar-refractivity contribution in [2.45, 2.75) is 12.2 Å². The Morgan fingerprint density at radius 1 is 1.35 bits per heavy atom. The third kappa shape index (κ3) is 2.39. The molecule has 1 atom stereocenters. The van der Waals surface area contributed by atoms with Crippen molar-refractivity contribution in [3.8, 4) is 0 Å². The minimum Gasteiger partial charge on any atom is -0.465 e. The summed E-state index contributed by atoms with van der Waals surface area (Å²) in [7, 11) is 1.34. The molecule has 0 fully saturated rings. The molecular formula is C12H11NO3S. The zero-order valence-corrected chi connectivity index (χ0v) is 10.3. The summed E-state index contributed by atoms with van der Waals surface area (Å²) in [5.41, 5.74) is 1.33. The van der Waals surface area contributed by atoms with Crippen LogP contribution in [0.1, 0.15) is 22.8 Å². The smallest absolute Gasteiger partial charge is 0.337 e. The molecule has 2 rings (SSSR count). The number of amides is 1. The Morgan fingerprint density at radius 3 is 2.47 bits per heavy atom. The van der Waals surface area contributed by atoms with Crippen LogP contribution in [0.3, 0.4) is 0 Å². The lowest BCUT2D eigenvalue weighted by atomic mass is 10.1. The molecule has 1 heterocycles. The number of carbonyl (C=O) groups is 2. The van der Waals surface area contributed by atoms with E-state index in [9.17, 15) is 9.59 Å². The molecule has 0 saturated carbocycles. The highest BCUT2D eigenvalue weighted by Crippen LogP contribution is 2.26. The Labute approximate surface area is 103 Å². The highest BCUT2D eigenvalue weighted by atomic mass is 32.2. The molecule has 0 N–H and O–H groups in total. The maximum Gasteiger partial charge on any atom is 0.337 e. The van der Waals surface area contributed by atoms with Gasteiger partial charge in [0, 0.05) is 5.56 Å². The molecule has 0 radical (unpaired) electrons. The number of thioether (sulfide) groups is 1. The van der Waals surface area contributed by atoms with Crippen LogP contribution in [0.2, 0.25) is 0 Å². The number of nitrogens with zero attached hydrogens (tertiary/aromatic N) is 1. The molecule has 0 bridgehead atoms. The van der Waals surface area contributed by atoms with Crippen molar-refractivity contribution in [3.05, 3.63) is 35.4 Å². The van der Waals surface area contributed by atoms with Gasteiger partial charge in [0.2, 0.25) is 0 Å². The summed E-state index contributed by atoms with van der Waals surface area (Å²) in [6, 6.07) is 6.86. The molecule has 1 unspecified atom stereocenters. The standard InChI is InChI=1S/C12H11NO3S/c1-7-10(14)13-11(17-7)8-3-5-9(6-4-8)12(15)16-2/h3-7H,1-2H3. The second kappa shape index (κ2) is 4.71. The summed E-state index contributed by atoms with van der Waals surface area (Å²) in [4.78, 5) is 26.5. The van der Waals surface area contributed by atoms with Crippen molar-refractivity contribution in [2.24, 2.45) is 4.99 Å². The second-order valence-corrected chi connectivity index (χ2v) is 4.91. The SMILES string of the molecule is COC(=O)c1ccc(C2=NC(=O)C(C)S2)cc1. The highest BCUT2D eigenvalue weighted by molar-refractivity contribution is 8.16. The average molecular weight is 249 g/mol. The maximum absolute atomic E-state index is 11.3. The monoisotopic (exact) mass is 249 g/mol. The van der Waals surface area contributed by atoms with Crippen LogP contribution in [0.25, 0.3) is 0 Å². The molecule has 17 heavy (non-hydrogen) atoms. The number of hydrogen-bond donors (Lipinski definition) is 0. The van der Waals surface area contributed by atoms with Gasteiger partial charge in [-0.3, -0.25) is 4.79 Å². The third-order valence-electron chi connectivity index (χ3n) is 2.40. The molecule has 1 aliphatic heterocycles. The van der Waals surface area contributed by atoms with Crippen molar-refractivity contribution in [1.82, 2.24) is 0 Å². The minimum atomic E-state index is -0.373. The van der Waals surface area contributed by atoms with Gasteiger partial charge in [-0.1, -0.05) is 23.9 Å². The zero-order valence-electron chi connectivity index (χ0n) is 9.47. The Bertz CT molecular complexity index is 493. The first kappa shape index (κ1) is 11.9. The van der Waals surface area contributed by atoms with E-state index in [1.54, 1.807) is 24.3 Å².